The van der Waals surface area contributed by atoms with Gasteiger partial charge in [-0.2, -0.15) is 0 Å². The number of anilines is 1. The number of aromatic nitrogens is 2. The molecule has 0 atom stereocenters. The summed E-state index contributed by atoms with van der Waals surface area (Å²) in [5.41, 5.74) is 7.49. The second-order valence-corrected chi connectivity index (χ2v) is 4.17. The molecule has 0 unspecified atom stereocenters. The molecule has 0 fully saturated rings. The summed E-state index contributed by atoms with van der Waals surface area (Å²) in [7, 11) is 1.67. The van der Waals surface area contributed by atoms with Gasteiger partial charge in [0.1, 0.15) is 5.82 Å². The number of hydrogen-bond acceptors (Lipinski definition) is 4. The zero-order chi connectivity index (χ0) is 13.5. The molecular formula is C14H19N3O2. The summed E-state index contributed by atoms with van der Waals surface area (Å²) < 4.78 is 12.5. The van der Waals surface area contributed by atoms with E-state index in [0.717, 1.165) is 23.6 Å². The van der Waals surface area contributed by atoms with Gasteiger partial charge in [0.05, 0.1) is 19.8 Å². The van der Waals surface area contributed by atoms with Gasteiger partial charge in [-0.1, -0.05) is 0 Å². The van der Waals surface area contributed by atoms with Crippen molar-refractivity contribution in [1.82, 2.24) is 9.55 Å². The molecule has 0 spiro atoms. The minimum Gasteiger partial charge on any atom is -0.399 e. The average Bonchev–Trinajstić information content (AvgIpc) is 2.88. The fraction of sp³-hybridized carbons (Fsp3) is 0.357. The first-order chi connectivity index (χ1) is 9.31. The van der Waals surface area contributed by atoms with Crippen LogP contribution in [0.15, 0.2) is 36.7 Å². The Kier molecular flexibility index (Phi) is 4.94. The third-order valence-electron chi connectivity index (χ3n) is 2.79. The summed E-state index contributed by atoms with van der Waals surface area (Å²) in [6.07, 6.45) is 3.74. The lowest BCUT2D eigenvalue weighted by atomic mass is 10.2. The first kappa shape index (κ1) is 13.6. The SMILES string of the molecule is COCCOCCn1ccnc1-c1ccc(N)cc1. The Bertz CT molecular complexity index is 494. The highest BCUT2D eigenvalue weighted by atomic mass is 16.5. The summed E-state index contributed by atoms with van der Waals surface area (Å²) in [5.74, 6) is 0.926. The van der Waals surface area contributed by atoms with Gasteiger partial charge >= 0.3 is 0 Å². The number of imidazole rings is 1. The van der Waals surface area contributed by atoms with Crippen molar-refractivity contribution in [2.24, 2.45) is 0 Å². The fourth-order valence-corrected chi connectivity index (χ4v) is 1.79. The maximum atomic E-state index is 5.69. The average molecular weight is 261 g/mol. The summed E-state index contributed by atoms with van der Waals surface area (Å²) in [4.78, 5) is 4.37. The predicted octanol–water partition coefficient (Wildman–Crippen LogP) is 1.80. The Morgan fingerprint density at radius 2 is 1.95 bits per heavy atom. The Labute approximate surface area is 113 Å². The molecule has 2 aromatic rings. The first-order valence-electron chi connectivity index (χ1n) is 6.25. The van der Waals surface area contributed by atoms with Gasteiger partial charge in [-0.15, -0.1) is 0 Å². The molecule has 1 aromatic heterocycles. The van der Waals surface area contributed by atoms with Crippen LogP contribution in [-0.4, -0.2) is 36.5 Å². The van der Waals surface area contributed by atoms with Crippen molar-refractivity contribution in [1.29, 1.82) is 0 Å². The van der Waals surface area contributed by atoms with E-state index >= 15 is 0 Å². The van der Waals surface area contributed by atoms with Crippen LogP contribution in [-0.2, 0) is 16.0 Å². The molecule has 0 aliphatic heterocycles. The number of ether oxygens (including phenoxy) is 2. The topological polar surface area (TPSA) is 62.3 Å². The highest BCUT2D eigenvalue weighted by molar-refractivity contribution is 5.59. The molecular weight excluding hydrogens is 242 g/mol. The monoisotopic (exact) mass is 261 g/mol. The second kappa shape index (κ2) is 6.92. The van der Waals surface area contributed by atoms with E-state index in [1.165, 1.54) is 0 Å². The summed E-state index contributed by atoms with van der Waals surface area (Å²) in [6, 6.07) is 7.70. The van der Waals surface area contributed by atoms with E-state index in [9.17, 15) is 0 Å². The highest BCUT2D eigenvalue weighted by Gasteiger charge is 2.05. The van der Waals surface area contributed by atoms with Crippen molar-refractivity contribution in [2.45, 2.75) is 6.54 Å². The van der Waals surface area contributed by atoms with Crippen molar-refractivity contribution in [3.63, 3.8) is 0 Å². The van der Waals surface area contributed by atoms with E-state index in [-0.39, 0.29) is 0 Å². The summed E-state index contributed by atoms with van der Waals surface area (Å²) in [5, 5.41) is 0. The van der Waals surface area contributed by atoms with E-state index in [4.69, 9.17) is 15.2 Å². The predicted molar refractivity (Wildman–Crippen MR) is 74.8 cm³/mol. The lowest BCUT2D eigenvalue weighted by molar-refractivity contribution is 0.0667. The first-order valence-corrected chi connectivity index (χ1v) is 6.25. The molecule has 2 rings (SSSR count). The van der Waals surface area contributed by atoms with Crippen molar-refractivity contribution < 1.29 is 9.47 Å². The van der Waals surface area contributed by atoms with Gasteiger partial charge in [0, 0.05) is 37.3 Å². The Balaban J connectivity index is 1.96. The maximum Gasteiger partial charge on any atom is 0.139 e. The quantitative estimate of drug-likeness (QED) is 0.610. The molecule has 0 aliphatic rings. The molecule has 5 heteroatoms. The minimum atomic E-state index is 0.613. The number of nitrogens with zero attached hydrogens (tertiary/aromatic N) is 2. The molecule has 19 heavy (non-hydrogen) atoms. The van der Waals surface area contributed by atoms with Crippen LogP contribution in [0.3, 0.4) is 0 Å². The van der Waals surface area contributed by atoms with Crippen LogP contribution in [0, 0.1) is 0 Å². The van der Waals surface area contributed by atoms with Crippen LogP contribution < -0.4 is 5.73 Å². The van der Waals surface area contributed by atoms with Crippen molar-refractivity contribution in [3.05, 3.63) is 36.7 Å². The van der Waals surface area contributed by atoms with Gasteiger partial charge in [0.15, 0.2) is 0 Å². The smallest absolute Gasteiger partial charge is 0.139 e. The lowest BCUT2D eigenvalue weighted by Gasteiger charge is -2.08. The molecule has 102 valence electrons. The summed E-state index contributed by atoms with van der Waals surface area (Å²) in [6.45, 7) is 2.64. The van der Waals surface area contributed by atoms with Gasteiger partial charge in [-0.3, -0.25) is 0 Å². The van der Waals surface area contributed by atoms with Gasteiger partial charge in [-0.05, 0) is 24.3 Å². The maximum absolute atomic E-state index is 5.69. The van der Waals surface area contributed by atoms with Crippen LogP contribution in [0.4, 0.5) is 5.69 Å². The molecule has 1 heterocycles. The molecule has 0 bridgehead atoms. The standard InChI is InChI=1S/C14H19N3O2/c1-18-10-11-19-9-8-17-7-6-16-14(17)12-2-4-13(15)5-3-12/h2-7H,8-11,15H2,1H3. The number of nitrogens with two attached hydrogens (primary N) is 1. The normalized spacial score (nSPS) is 10.8. The zero-order valence-electron chi connectivity index (χ0n) is 11.1. The van der Waals surface area contributed by atoms with Crippen molar-refractivity contribution in [2.75, 3.05) is 32.7 Å². The van der Waals surface area contributed by atoms with Gasteiger partial charge < -0.3 is 19.8 Å². The van der Waals surface area contributed by atoms with Crippen molar-refractivity contribution >= 4 is 5.69 Å². The third kappa shape index (κ3) is 3.81. The Morgan fingerprint density at radius 1 is 1.16 bits per heavy atom. The third-order valence-corrected chi connectivity index (χ3v) is 2.79. The summed E-state index contributed by atoms with van der Waals surface area (Å²) >= 11 is 0. The molecule has 2 N–H and O–H groups in total. The van der Waals surface area contributed by atoms with Gasteiger partial charge in [0.2, 0.25) is 0 Å². The van der Waals surface area contributed by atoms with Gasteiger partial charge in [-0.25, -0.2) is 4.98 Å². The Morgan fingerprint density at radius 3 is 2.68 bits per heavy atom. The molecule has 0 radical (unpaired) electrons. The Hall–Kier alpha value is -1.85. The zero-order valence-corrected chi connectivity index (χ0v) is 11.1. The van der Waals surface area contributed by atoms with E-state index in [0.29, 0.717) is 19.8 Å². The van der Waals surface area contributed by atoms with Crippen LogP contribution in [0.5, 0.6) is 0 Å². The number of nitrogen functional groups attached to an aromatic ring is 1. The molecule has 0 saturated heterocycles. The van der Waals surface area contributed by atoms with E-state index in [1.807, 2.05) is 30.5 Å². The van der Waals surface area contributed by atoms with Crippen LogP contribution in [0.1, 0.15) is 0 Å². The fourth-order valence-electron chi connectivity index (χ4n) is 1.79. The second-order valence-electron chi connectivity index (χ2n) is 4.17. The molecule has 0 aliphatic carbocycles. The van der Waals surface area contributed by atoms with Crippen LogP contribution in [0.25, 0.3) is 11.4 Å². The molecule has 0 saturated carbocycles. The molecule has 0 amide bonds. The highest BCUT2D eigenvalue weighted by Crippen LogP contribution is 2.18. The van der Waals surface area contributed by atoms with Crippen molar-refractivity contribution in [3.8, 4) is 11.4 Å². The van der Waals surface area contributed by atoms with E-state index in [1.54, 1.807) is 13.3 Å². The number of hydrogen-bond donors (Lipinski definition) is 1. The molecule has 1 aromatic carbocycles. The number of benzene rings is 1. The number of rotatable bonds is 7. The largest absolute Gasteiger partial charge is 0.399 e. The van der Waals surface area contributed by atoms with Crippen LogP contribution >= 0.6 is 0 Å². The van der Waals surface area contributed by atoms with E-state index in [2.05, 4.69) is 9.55 Å². The van der Waals surface area contributed by atoms with Crippen LogP contribution in [0.2, 0.25) is 0 Å². The number of methoxy groups -OCH3 is 1. The van der Waals surface area contributed by atoms with Gasteiger partial charge in [0.25, 0.3) is 0 Å². The van der Waals surface area contributed by atoms with E-state index < -0.39 is 0 Å². The lowest BCUT2D eigenvalue weighted by Crippen LogP contribution is -2.09. The minimum absolute atomic E-state index is 0.613. The molecule has 5 nitrogen and oxygen atoms in total.